The molecule has 0 fully saturated rings. The van der Waals surface area contributed by atoms with Crippen LogP contribution in [-0.2, 0) is 13.2 Å². The van der Waals surface area contributed by atoms with Gasteiger partial charge in [0.05, 0.1) is 17.1 Å². The van der Waals surface area contributed by atoms with Gasteiger partial charge in [0.1, 0.15) is 17.4 Å². The lowest BCUT2D eigenvalue weighted by Crippen LogP contribution is -2.33. The highest BCUT2D eigenvalue weighted by atomic mass is 32.1. The molecule has 4 nitrogen and oxygen atoms in total. The van der Waals surface area contributed by atoms with Crippen LogP contribution < -0.4 is 4.74 Å². The third-order valence-electron chi connectivity index (χ3n) is 4.45. The van der Waals surface area contributed by atoms with E-state index in [9.17, 15) is 4.79 Å². The summed E-state index contributed by atoms with van der Waals surface area (Å²) in [7, 11) is 0. The fraction of sp³-hybridized carbons (Fsp3) is 0.391. The SMILES string of the molecule is CC(C)CN(Cc1csc(COc2ccccc2C(C)C)n1)C(=O)c1cccs1. The van der Waals surface area contributed by atoms with Crippen molar-refractivity contribution in [3.63, 3.8) is 0 Å². The average Bonchev–Trinajstić information content (AvgIpc) is 3.37. The molecular weight excluding hydrogens is 400 g/mol. The molecule has 0 aliphatic heterocycles. The minimum atomic E-state index is 0.0744. The molecule has 0 aliphatic carbocycles. The summed E-state index contributed by atoms with van der Waals surface area (Å²) in [6, 6.07) is 11.9. The van der Waals surface area contributed by atoms with Crippen LogP contribution in [0.1, 0.15) is 59.5 Å². The molecule has 0 aliphatic rings. The number of carbonyl (C=O) groups excluding carboxylic acids is 1. The Morgan fingerprint density at radius 1 is 1.10 bits per heavy atom. The van der Waals surface area contributed by atoms with Crippen molar-refractivity contribution >= 4 is 28.6 Å². The topological polar surface area (TPSA) is 42.4 Å². The van der Waals surface area contributed by atoms with E-state index < -0.39 is 0 Å². The Labute approximate surface area is 181 Å². The Balaban J connectivity index is 1.66. The molecule has 3 rings (SSSR count). The number of hydrogen-bond donors (Lipinski definition) is 0. The van der Waals surface area contributed by atoms with Crippen molar-refractivity contribution in [3.8, 4) is 5.75 Å². The second kappa shape index (κ2) is 10.0. The summed E-state index contributed by atoms with van der Waals surface area (Å²) in [4.78, 5) is 20.2. The number of rotatable bonds is 9. The quantitative estimate of drug-likeness (QED) is 0.407. The summed E-state index contributed by atoms with van der Waals surface area (Å²) in [6.07, 6.45) is 0. The molecule has 2 aromatic heterocycles. The second-order valence-electron chi connectivity index (χ2n) is 7.77. The van der Waals surface area contributed by atoms with Gasteiger partial charge in [0.15, 0.2) is 0 Å². The van der Waals surface area contributed by atoms with Crippen LogP contribution in [-0.4, -0.2) is 22.3 Å². The van der Waals surface area contributed by atoms with Crippen molar-refractivity contribution in [2.24, 2.45) is 5.92 Å². The minimum Gasteiger partial charge on any atom is -0.486 e. The van der Waals surface area contributed by atoms with E-state index in [1.807, 2.05) is 46.0 Å². The maximum absolute atomic E-state index is 12.9. The number of para-hydroxylation sites is 1. The number of benzene rings is 1. The number of amides is 1. The summed E-state index contributed by atoms with van der Waals surface area (Å²) in [5, 5.41) is 4.89. The van der Waals surface area contributed by atoms with Gasteiger partial charge in [0.2, 0.25) is 0 Å². The highest BCUT2D eigenvalue weighted by Gasteiger charge is 2.19. The minimum absolute atomic E-state index is 0.0744. The van der Waals surface area contributed by atoms with Crippen molar-refractivity contribution in [1.82, 2.24) is 9.88 Å². The van der Waals surface area contributed by atoms with Gasteiger partial charge in [-0.1, -0.05) is 52.0 Å². The average molecular weight is 429 g/mol. The van der Waals surface area contributed by atoms with Crippen LogP contribution >= 0.6 is 22.7 Å². The largest absolute Gasteiger partial charge is 0.486 e. The van der Waals surface area contributed by atoms with E-state index >= 15 is 0 Å². The first-order valence-electron chi connectivity index (χ1n) is 9.91. The highest BCUT2D eigenvalue weighted by Crippen LogP contribution is 2.27. The lowest BCUT2D eigenvalue weighted by Gasteiger charge is -2.23. The van der Waals surface area contributed by atoms with E-state index in [4.69, 9.17) is 9.72 Å². The molecule has 1 aromatic carbocycles. The van der Waals surface area contributed by atoms with Gasteiger partial charge in [0.25, 0.3) is 5.91 Å². The first-order chi connectivity index (χ1) is 13.9. The molecule has 3 aromatic rings. The van der Waals surface area contributed by atoms with Gasteiger partial charge in [-0.25, -0.2) is 4.98 Å². The number of hydrogen-bond acceptors (Lipinski definition) is 5. The normalized spacial score (nSPS) is 11.2. The van der Waals surface area contributed by atoms with Gasteiger partial charge < -0.3 is 9.64 Å². The molecule has 0 saturated carbocycles. The predicted molar refractivity (Wildman–Crippen MR) is 121 cm³/mol. The second-order valence-corrected chi connectivity index (χ2v) is 9.66. The molecule has 0 spiro atoms. The van der Waals surface area contributed by atoms with E-state index in [1.165, 1.54) is 16.9 Å². The smallest absolute Gasteiger partial charge is 0.264 e. The summed E-state index contributed by atoms with van der Waals surface area (Å²) in [6.45, 7) is 10.3. The van der Waals surface area contributed by atoms with Gasteiger partial charge in [-0.2, -0.15) is 0 Å². The van der Waals surface area contributed by atoms with Crippen LogP contribution in [0.15, 0.2) is 47.2 Å². The van der Waals surface area contributed by atoms with Crippen LogP contribution in [0.4, 0.5) is 0 Å². The Bertz CT molecular complexity index is 917. The third kappa shape index (κ3) is 5.90. The molecule has 0 atom stereocenters. The lowest BCUT2D eigenvalue weighted by molar-refractivity contribution is 0.0725. The summed E-state index contributed by atoms with van der Waals surface area (Å²) in [5.41, 5.74) is 2.12. The highest BCUT2D eigenvalue weighted by molar-refractivity contribution is 7.12. The van der Waals surface area contributed by atoms with Gasteiger partial charge in [-0.3, -0.25) is 4.79 Å². The first kappa shape index (κ1) is 21.5. The summed E-state index contributed by atoms with van der Waals surface area (Å²) in [5.74, 6) is 1.79. The van der Waals surface area contributed by atoms with Gasteiger partial charge in [-0.05, 0) is 34.9 Å². The summed E-state index contributed by atoms with van der Waals surface area (Å²) >= 11 is 3.06. The van der Waals surface area contributed by atoms with Crippen LogP contribution in [0.25, 0.3) is 0 Å². The Morgan fingerprint density at radius 2 is 1.90 bits per heavy atom. The van der Waals surface area contributed by atoms with E-state index in [0.717, 1.165) is 21.3 Å². The number of nitrogens with zero attached hydrogens (tertiary/aromatic N) is 2. The van der Waals surface area contributed by atoms with Gasteiger partial charge in [0, 0.05) is 11.9 Å². The summed E-state index contributed by atoms with van der Waals surface area (Å²) < 4.78 is 6.04. The number of thiophene rings is 1. The van der Waals surface area contributed by atoms with Crippen LogP contribution in [0.3, 0.4) is 0 Å². The molecule has 2 heterocycles. The molecule has 0 unspecified atom stereocenters. The standard InChI is InChI=1S/C23H28N2O2S2/c1-16(2)12-25(23(26)21-10-7-11-28-21)13-18-15-29-22(24-18)14-27-20-9-6-5-8-19(20)17(3)4/h5-11,15-17H,12-14H2,1-4H3. The Hall–Kier alpha value is -2.18. The zero-order valence-corrected chi connectivity index (χ0v) is 19.1. The zero-order chi connectivity index (χ0) is 20.8. The molecule has 6 heteroatoms. The maximum Gasteiger partial charge on any atom is 0.264 e. The van der Waals surface area contributed by atoms with E-state index in [1.54, 1.807) is 11.3 Å². The molecular formula is C23H28N2O2S2. The first-order valence-corrected chi connectivity index (χ1v) is 11.7. The molecule has 0 radical (unpaired) electrons. The third-order valence-corrected chi connectivity index (χ3v) is 6.18. The van der Waals surface area contributed by atoms with Crippen molar-refractivity contribution in [2.75, 3.05) is 6.54 Å². The predicted octanol–water partition coefficient (Wildman–Crippen LogP) is 6.21. The fourth-order valence-electron chi connectivity index (χ4n) is 3.13. The lowest BCUT2D eigenvalue weighted by atomic mass is 10.0. The van der Waals surface area contributed by atoms with Crippen LogP contribution in [0.5, 0.6) is 5.75 Å². The number of thiazole rings is 1. The van der Waals surface area contributed by atoms with Crippen LogP contribution in [0, 0.1) is 5.92 Å². The maximum atomic E-state index is 12.9. The number of aromatic nitrogens is 1. The Kier molecular flexibility index (Phi) is 7.45. The zero-order valence-electron chi connectivity index (χ0n) is 17.4. The molecule has 29 heavy (non-hydrogen) atoms. The molecule has 0 bridgehead atoms. The number of carbonyl (C=O) groups is 1. The molecule has 0 N–H and O–H groups in total. The van der Waals surface area contributed by atoms with E-state index in [0.29, 0.717) is 31.5 Å². The van der Waals surface area contributed by atoms with Gasteiger partial charge >= 0.3 is 0 Å². The van der Waals surface area contributed by atoms with Crippen molar-refractivity contribution in [3.05, 3.63) is 68.3 Å². The Morgan fingerprint density at radius 3 is 2.59 bits per heavy atom. The van der Waals surface area contributed by atoms with Crippen molar-refractivity contribution in [2.45, 2.75) is 46.8 Å². The van der Waals surface area contributed by atoms with E-state index in [2.05, 4.69) is 33.8 Å². The van der Waals surface area contributed by atoms with E-state index in [-0.39, 0.29) is 5.91 Å². The molecule has 0 saturated heterocycles. The van der Waals surface area contributed by atoms with Crippen molar-refractivity contribution < 1.29 is 9.53 Å². The van der Waals surface area contributed by atoms with Gasteiger partial charge in [-0.15, -0.1) is 22.7 Å². The van der Waals surface area contributed by atoms with Crippen LogP contribution in [0.2, 0.25) is 0 Å². The molecule has 154 valence electrons. The fourth-order valence-corrected chi connectivity index (χ4v) is 4.51. The number of ether oxygens (including phenoxy) is 1. The monoisotopic (exact) mass is 428 g/mol. The molecule has 1 amide bonds. The van der Waals surface area contributed by atoms with Crippen molar-refractivity contribution in [1.29, 1.82) is 0 Å².